The van der Waals surface area contributed by atoms with E-state index in [0.29, 0.717) is 24.5 Å². The van der Waals surface area contributed by atoms with Crippen molar-refractivity contribution in [3.8, 4) is 0 Å². The molecule has 0 radical (unpaired) electrons. The molecule has 18 heavy (non-hydrogen) atoms. The molecule has 1 aromatic carbocycles. The molecule has 2 aromatic rings. The normalized spacial score (nSPS) is 10.6. The van der Waals surface area contributed by atoms with Gasteiger partial charge in [0.2, 0.25) is 0 Å². The highest BCUT2D eigenvalue weighted by atomic mass is 19.2. The lowest BCUT2D eigenvalue weighted by molar-refractivity contribution is 0.506. The Morgan fingerprint density at radius 1 is 1.11 bits per heavy atom. The van der Waals surface area contributed by atoms with Crippen LogP contribution in [0.1, 0.15) is 17.1 Å². The van der Waals surface area contributed by atoms with Gasteiger partial charge in [0.15, 0.2) is 11.6 Å². The second kappa shape index (κ2) is 5.64. The fraction of sp³-hybridized carbons (Fsp3) is 0.231. The lowest BCUT2D eigenvalue weighted by Crippen LogP contribution is -2.14. The van der Waals surface area contributed by atoms with Gasteiger partial charge in [0.25, 0.3) is 0 Å². The Morgan fingerprint density at radius 2 is 1.94 bits per heavy atom. The van der Waals surface area contributed by atoms with Crippen LogP contribution in [-0.2, 0) is 13.1 Å². The lowest BCUT2D eigenvalue weighted by Gasteiger charge is -2.05. The molecule has 0 spiro atoms. The molecule has 0 fully saturated rings. The Hall–Kier alpha value is -1.88. The molecular formula is C13H13F2N3. The zero-order chi connectivity index (χ0) is 13.0. The largest absolute Gasteiger partial charge is 0.307 e. The summed E-state index contributed by atoms with van der Waals surface area (Å²) in [4.78, 5) is 8.23. The molecule has 1 N–H and O–H groups in total. The highest BCUT2D eigenvalue weighted by Crippen LogP contribution is 2.08. The third-order valence-corrected chi connectivity index (χ3v) is 2.45. The zero-order valence-electron chi connectivity index (χ0n) is 9.95. The molecule has 5 heteroatoms. The van der Waals surface area contributed by atoms with E-state index < -0.39 is 11.6 Å². The average Bonchev–Trinajstić information content (AvgIpc) is 2.34. The first-order valence-electron chi connectivity index (χ1n) is 5.58. The summed E-state index contributed by atoms with van der Waals surface area (Å²) in [7, 11) is 0. The van der Waals surface area contributed by atoms with E-state index in [4.69, 9.17) is 0 Å². The Labute approximate surface area is 104 Å². The van der Waals surface area contributed by atoms with Crippen LogP contribution >= 0.6 is 0 Å². The van der Waals surface area contributed by atoms with E-state index in [1.54, 1.807) is 12.3 Å². The smallest absolute Gasteiger partial charge is 0.159 e. The Bertz CT molecular complexity index is 544. The Balaban J connectivity index is 1.90. The van der Waals surface area contributed by atoms with E-state index in [0.717, 1.165) is 11.8 Å². The second-order valence-electron chi connectivity index (χ2n) is 3.95. The molecule has 0 aliphatic rings. The number of rotatable bonds is 4. The minimum Gasteiger partial charge on any atom is -0.307 e. The maximum atomic E-state index is 13.0. The molecule has 0 bridgehead atoms. The molecule has 3 nitrogen and oxygen atoms in total. The zero-order valence-corrected chi connectivity index (χ0v) is 9.95. The van der Waals surface area contributed by atoms with Crippen molar-refractivity contribution in [1.82, 2.24) is 15.3 Å². The van der Waals surface area contributed by atoms with Gasteiger partial charge in [0, 0.05) is 19.3 Å². The van der Waals surface area contributed by atoms with Gasteiger partial charge in [0.05, 0.1) is 5.69 Å². The fourth-order valence-corrected chi connectivity index (χ4v) is 1.59. The van der Waals surface area contributed by atoms with Gasteiger partial charge in [-0.2, -0.15) is 0 Å². The van der Waals surface area contributed by atoms with Crippen LogP contribution in [0.5, 0.6) is 0 Å². The van der Waals surface area contributed by atoms with Gasteiger partial charge in [-0.1, -0.05) is 6.07 Å². The summed E-state index contributed by atoms with van der Waals surface area (Å²) in [6.45, 7) is 2.83. The highest BCUT2D eigenvalue weighted by Gasteiger charge is 2.02. The third kappa shape index (κ3) is 3.30. The first-order valence-corrected chi connectivity index (χ1v) is 5.58. The van der Waals surface area contributed by atoms with Crippen LogP contribution in [-0.4, -0.2) is 9.97 Å². The quantitative estimate of drug-likeness (QED) is 0.903. The van der Waals surface area contributed by atoms with E-state index in [1.807, 2.05) is 13.0 Å². The summed E-state index contributed by atoms with van der Waals surface area (Å²) in [5.74, 6) is -0.945. The fourth-order valence-electron chi connectivity index (χ4n) is 1.59. The molecule has 0 atom stereocenters. The van der Waals surface area contributed by atoms with E-state index in [2.05, 4.69) is 15.3 Å². The second-order valence-corrected chi connectivity index (χ2v) is 3.95. The summed E-state index contributed by atoms with van der Waals surface area (Å²) >= 11 is 0. The number of nitrogens with zero attached hydrogens (tertiary/aromatic N) is 2. The summed E-state index contributed by atoms with van der Waals surface area (Å²) < 4.78 is 25.7. The van der Waals surface area contributed by atoms with Gasteiger partial charge in [-0.25, -0.2) is 18.7 Å². The van der Waals surface area contributed by atoms with Crippen molar-refractivity contribution in [2.24, 2.45) is 0 Å². The maximum Gasteiger partial charge on any atom is 0.159 e. The summed E-state index contributed by atoms with van der Waals surface area (Å²) in [5, 5.41) is 3.11. The standard InChI is InChI=1S/C13H13F2N3/c1-9-17-5-4-11(18-9)8-16-7-10-2-3-12(14)13(15)6-10/h2-6,16H,7-8H2,1H3. The van der Waals surface area contributed by atoms with Crippen LogP contribution < -0.4 is 5.32 Å². The minimum absolute atomic E-state index is 0.459. The van der Waals surface area contributed by atoms with Gasteiger partial charge in [-0.15, -0.1) is 0 Å². The topological polar surface area (TPSA) is 37.8 Å². The molecule has 0 aliphatic heterocycles. The van der Waals surface area contributed by atoms with Crippen LogP contribution in [0.4, 0.5) is 8.78 Å². The SMILES string of the molecule is Cc1nccc(CNCc2ccc(F)c(F)c2)n1. The number of benzene rings is 1. The van der Waals surface area contributed by atoms with E-state index in [9.17, 15) is 8.78 Å². The van der Waals surface area contributed by atoms with Crippen LogP contribution in [0.3, 0.4) is 0 Å². The predicted octanol–water partition coefficient (Wildman–Crippen LogP) is 2.35. The number of aryl methyl sites for hydroxylation is 1. The monoisotopic (exact) mass is 249 g/mol. The summed E-state index contributed by atoms with van der Waals surface area (Å²) in [5.41, 5.74) is 1.56. The van der Waals surface area contributed by atoms with E-state index >= 15 is 0 Å². The van der Waals surface area contributed by atoms with Gasteiger partial charge >= 0.3 is 0 Å². The van der Waals surface area contributed by atoms with Crippen molar-refractivity contribution in [2.75, 3.05) is 0 Å². The average molecular weight is 249 g/mol. The van der Waals surface area contributed by atoms with Crippen molar-refractivity contribution >= 4 is 0 Å². The van der Waals surface area contributed by atoms with Crippen molar-refractivity contribution in [1.29, 1.82) is 0 Å². The summed E-state index contributed by atoms with van der Waals surface area (Å²) in [6.07, 6.45) is 1.69. The molecule has 2 rings (SSSR count). The van der Waals surface area contributed by atoms with Gasteiger partial charge in [0.1, 0.15) is 5.82 Å². The van der Waals surface area contributed by atoms with Crippen molar-refractivity contribution in [2.45, 2.75) is 20.0 Å². The van der Waals surface area contributed by atoms with E-state index in [1.165, 1.54) is 6.07 Å². The van der Waals surface area contributed by atoms with E-state index in [-0.39, 0.29) is 0 Å². The van der Waals surface area contributed by atoms with Gasteiger partial charge in [-0.3, -0.25) is 0 Å². The van der Waals surface area contributed by atoms with Crippen LogP contribution in [0, 0.1) is 18.6 Å². The number of hydrogen-bond donors (Lipinski definition) is 1. The number of nitrogens with one attached hydrogen (secondary N) is 1. The molecule has 0 saturated heterocycles. The number of aromatic nitrogens is 2. The van der Waals surface area contributed by atoms with Crippen molar-refractivity contribution in [3.05, 3.63) is 59.2 Å². The molecule has 0 aliphatic carbocycles. The molecule has 94 valence electrons. The summed E-state index contributed by atoms with van der Waals surface area (Å²) in [6, 6.07) is 5.68. The number of hydrogen-bond acceptors (Lipinski definition) is 3. The lowest BCUT2D eigenvalue weighted by atomic mass is 10.2. The van der Waals surface area contributed by atoms with Crippen LogP contribution in [0.25, 0.3) is 0 Å². The Morgan fingerprint density at radius 3 is 2.67 bits per heavy atom. The van der Waals surface area contributed by atoms with Crippen LogP contribution in [0.2, 0.25) is 0 Å². The van der Waals surface area contributed by atoms with Crippen molar-refractivity contribution < 1.29 is 8.78 Å². The molecule has 0 saturated carbocycles. The van der Waals surface area contributed by atoms with Gasteiger partial charge < -0.3 is 5.32 Å². The molecular weight excluding hydrogens is 236 g/mol. The first-order chi connectivity index (χ1) is 8.65. The molecule has 1 aromatic heterocycles. The molecule has 1 heterocycles. The minimum atomic E-state index is -0.829. The van der Waals surface area contributed by atoms with Crippen LogP contribution in [0.15, 0.2) is 30.5 Å². The number of halogens is 2. The van der Waals surface area contributed by atoms with Gasteiger partial charge in [-0.05, 0) is 30.7 Å². The molecule has 0 amide bonds. The Kier molecular flexibility index (Phi) is 3.94. The van der Waals surface area contributed by atoms with Crippen molar-refractivity contribution in [3.63, 3.8) is 0 Å². The maximum absolute atomic E-state index is 13.0. The highest BCUT2D eigenvalue weighted by molar-refractivity contribution is 5.17. The molecule has 0 unspecified atom stereocenters. The predicted molar refractivity (Wildman–Crippen MR) is 63.7 cm³/mol. The first kappa shape index (κ1) is 12.6. The third-order valence-electron chi connectivity index (χ3n) is 2.45.